The van der Waals surface area contributed by atoms with Gasteiger partial charge in [0.15, 0.2) is 0 Å². The Morgan fingerprint density at radius 2 is 2.40 bits per heavy atom. The summed E-state index contributed by atoms with van der Waals surface area (Å²) in [6.45, 7) is 2.40. The summed E-state index contributed by atoms with van der Waals surface area (Å²) >= 11 is 1.75. The van der Waals surface area contributed by atoms with E-state index in [9.17, 15) is 4.79 Å². The molecule has 1 atom stereocenters. The number of carbonyl (C=O) groups excluding carboxylic acids is 1. The van der Waals surface area contributed by atoms with E-state index in [4.69, 9.17) is 0 Å². The fourth-order valence-electron chi connectivity index (χ4n) is 2.64. The molecule has 0 fully saturated rings. The van der Waals surface area contributed by atoms with Crippen LogP contribution in [0, 0.1) is 5.92 Å². The smallest absolute Gasteiger partial charge is 0.325 e. The summed E-state index contributed by atoms with van der Waals surface area (Å²) in [5.41, 5.74) is 1.36. The fraction of sp³-hybridized carbons (Fsp3) is 0.500. The van der Waals surface area contributed by atoms with Crippen LogP contribution in [0.15, 0.2) is 6.33 Å². The van der Waals surface area contributed by atoms with Gasteiger partial charge in [-0.05, 0) is 30.7 Å². The molecule has 0 saturated carbocycles. The Bertz CT molecular complexity index is 653. The first kappa shape index (κ1) is 13.3. The number of nitrogens with zero attached hydrogens (tertiary/aromatic N) is 2. The van der Waals surface area contributed by atoms with Crippen molar-refractivity contribution in [1.82, 2.24) is 9.97 Å². The second-order valence-electron chi connectivity index (χ2n) is 5.18. The van der Waals surface area contributed by atoms with Crippen LogP contribution in [0.2, 0.25) is 0 Å². The van der Waals surface area contributed by atoms with Gasteiger partial charge in [-0.1, -0.05) is 6.92 Å². The molecule has 0 aromatic carbocycles. The second-order valence-corrected chi connectivity index (χ2v) is 6.27. The van der Waals surface area contributed by atoms with Crippen LogP contribution >= 0.6 is 11.3 Å². The van der Waals surface area contributed by atoms with Crippen molar-refractivity contribution in [3.63, 3.8) is 0 Å². The maximum atomic E-state index is 11.3. The summed E-state index contributed by atoms with van der Waals surface area (Å²) < 4.78 is 4.65. The van der Waals surface area contributed by atoms with E-state index in [1.165, 1.54) is 24.0 Å². The van der Waals surface area contributed by atoms with Gasteiger partial charge >= 0.3 is 5.97 Å². The molecule has 1 aliphatic rings. The highest BCUT2D eigenvalue weighted by Gasteiger charge is 2.23. The first-order valence-corrected chi connectivity index (χ1v) is 7.56. The minimum Gasteiger partial charge on any atom is -0.468 e. The third-order valence-corrected chi connectivity index (χ3v) is 4.92. The zero-order valence-corrected chi connectivity index (χ0v) is 12.4. The summed E-state index contributed by atoms with van der Waals surface area (Å²) in [5.74, 6) is 1.13. The van der Waals surface area contributed by atoms with Crippen molar-refractivity contribution >= 4 is 33.3 Å². The summed E-state index contributed by atoms with van der Waals surface area (Å²) in [6.07, 6.45) is 4.97. The molecule has 2 aromatic heterocycles. The third-order valence-electron chi connectivity index (χ3n) is 3.72. The number of aromatic nitrogens is 2. The van der Waals surface area contributed by atoms with Gasteiger partial charge in [-0.3, -0.25) is 4.79 Å². The maximum Gasteiger partial charge on any atom is 0.325 e. The Balaban J connectivity index is 2.00. The Kier molecular flexibility index (Phi) is 3.56. The van der Waals surface area contributed by atoms with E-state index in [0.717, 1.165) is 28.9 Å². The molecule has 5 nitrogen and oxygen atoms in total. The number of rotatable bonds is 3. The molecule has 0 radical (unpaired) electrons. The lowest BCUT2D eigenvalue weighted by Crippen LogP contribution is -2.16. The van der Waals surface area contributed by atoms with Gasteiger partial charge in [0.05, 0.1) is 12.5 Å². The molecule has 0 spiro atoms. The molecule has 1 N–H and O–H groups in total. The molecular formula is C14H17N3O2S. The zero-order valence-electron chi connectivity index (χ0n) is 11.6. The quantitative estimate of drug-likeness (QED) is 0.880. The number of aryl methyl sites for hydroxylation is 1. The number of hydrogen-bond donors (Lipinski definition) is 1. The lowest BCUT2D eigenvalue weighted by Gasteiger charge is -2.18. The summed E-state index contributed by atoms with van der Waals surface area (Å²) in [4.78, 5) is 22.4. The van der Waals surface area contributed by atoms with E-state index in [-0.39, 0.29) is 12.5 Å². The molecule has 0 amide bonds. The van der Waals surface area contributed by atoms with Crippen LogP contribution in [-0.4, -0.2) is 29.6 Å². The molecule has 0 aliphatic heterocycles. The molecule has 2 aromatic rings. The van der Waals surface area contributed by atoms with Crippen molar-refractivity contribution in [3.8, 4) is 0 Å². The van der Waals surface area contributed by atoms with Gasteiger partial charge in [0, 0.05) is 4.88 Å². The lowest BCUT2D eigenvalue weighted by atomic mass is 9.88. The van der Waals surface area contributed by atoms with Crippen LogP contribution in [0.4, 0.5) is 5.82 Å². The monoisotopic (exact) mass is 291 g/mol. The van der Waals surface area contributed by atoms with Gasteiger partial charge in [0.2, 0.25) is 0 Å². The molecule has 0 saturated heterocycles. The Morgan fingerprint density at radius 1 is 1.55 bits per heavy atom. The fourth-order valence-corrected chi connectivity index (χ4v) is 3.83. The van der Waals surface area contributed by atoms with Crippen molar-refractivity contribution in [1.29, 1.82) is 0 Å². The molecule has 1 unspecified atom stereocenters. The van der Waals surface area contributed by atoms with E-state index >= 15 is 0 Å². The summed E-state index contributed by atoms with van der Waals surface area (Å²) in [6, 6.07) is 0. The lowest BCUT2D eigenvalue weighted by molar-refractivity contribution is -0.138. The number of nitrogens with one attached hydrogen (secondary N) is 1. The Morgan fingerprint density at radius 3 is 3.20 bits per heavy atom. The van der Waals surface area contributed by atoms with Gasteiger partial charge < -0.3 is 10.1 Å². The second kappa shape index (κ2) is 5.36. The topological polar surface area (TPSA) is 64.1 Å². The van der Waals surface area contributed by atoms with E-state index in [2.05, 4.69) is 26.9 Å². The standard InChI is InChI=1S/C14H17N3O2S/c1-8-3-4-10-9(5-8)12-13(15-6-11(18)19-2)16-7-17-14(12)20-10/h7-8H,3-6H2,1-2H3,(H,15,16,17). The van der Waals surface area contributed by atoms with Crippen LogP contribution in [0.25, 0.3) is 10.2 Å². The molecule has 1 aliphatic carbocycles. The highest BCUT2D eigenvalue weighted by molar-refractivity contribution is 7.19. The first-order valence-electron chi connectivity index (χ1n) is 6.75. The van der Waals surface area contributed by atoms with E-state index in [1.54, 1.807) is 17.7 Å². The first-order chi connectivity index (χ1) is 9.69. The van der Waals surface area contributed by atoms with Crippen molar-refractivity contribution in [2.24, 2.45) is 5.92 Å². The minimum absolute atomic E-state index is 0.128. The third kappa shape index (κ3) is 2.35. The summed E-state index contributed by atoms with van der Waals surface area (Å²) in [5, 5.41) is 4.16. The molecular weight excluding hydrogens is 274 g/mol. The van der Waals surface area contributed by atoms with Crippen LogP contribution in [0.5, 0.6) is 0 Å². The van der Waals surface area contributed by atoms with Crippen molar-refractivity contribution in [2.75, 3.05) is 19.0 Å². The van der Waals surface area contributed by atoms with E-state index in [0.29, 0.717) is 5.92 Å². The number of fused-ring (bicyclic) bond motifs is 3. The largest absolute Gasteiger partial charge is 0.468 e. The normalized spacial score (nSPS) is 17.8. The number of esters is 1. The average molecular weight is 291 g/mol. The number of hydrogen-bond acceptors (Lipinski definition) is 6. The number of carbonyl (C=O) groups is 1. The van der Waals surface area contributed by atoms with Gasteiger partial charge in [0.25, 0.3) is 0 Å². The highest BCUT2D eigenvalue weighted by Crippen LogP contribution is 2.39. The van der Waals surface area contributed by atoms with Crippen LogP contribution in [0.3, 0.4) is 0 Å². The van der Waals surface area contributed by atoms with Crippen molar-refractivity contribution < 1.29 is 9.53 Å². The van der Waals surface area contributed by atoms with Crippen molar-refractivity contribution in [3.05, 3.63) is 16.8 Å². The van der Waals surface area contributed by atoms with Crippen LogP contribution in [-0.2, 0) is 22.4 Å². The SMILES string of the molecule is COC(=O)CNc1ncnc2sc3c(c12)CC(C)CC3. The van der Waals surface area contributed by atoms with E-state index < -0.39 is 0 Å². The molecule has 20 heavy (non-hydrogen) atoms. The van der Waals surface area contributed by atoms with Gasteiger partial charge in [0.1, 0.15) is 23.5 Å². The van der Waals surface area contributed by atoms with Crippen LogP contribution in [0.1, 0.15) is 23.8 Å². The number of methoxy groups -OCH3 is 1. The van der Waals surface area contributed by atoms with E-state index in [1.807, 2.05) is 0 Å². The molecule has 0 bridgehead atoms. The van der Waals surface area contributed by atoms with Gasteiger partial charge in [-0.15, -0.1) is 11.3 Å². The van der Waals surface area contributed by atoms with Gasteiger partial charge in [-0.2, -0.15) is 0 Å². The molecule has 2 heterocycles. The predicted molar refractivity (Wildman–Crippen MR) is 79.1 cm³/mol. The Hall–Kier alpha value is -1.69. The molecule has 106 valence electrons. The molecule has 6 heteroatoms. The number of ether oxygens (including phenoxy) is 1. The van der Waals surface area contributed by atoms with Gasteiger partial charge in [-0.25, -0.2) is 9.97 Å². The van der Waals surface area contributed by atoms with Crippen LogP contribution < -0.4 is 5.32 Å². The number of anilines is 1. The van der Waals surface area contributed by atoms with Crippen molar-refractivity contribution in [2.45, 2.75) is 26.2 Å². The maximum absolute atomic E-state index is 11.3. The number of thiophene rings is 1. The molecule has 3 rings (SSSR count). The average Bonchev–Trinajstić information content (AvgIpc) is 2.83. The highest BCUT2D eigenvalue weighted by atomic mass is 32.1. The zero-order chi connectivity index (χ0) is 14.1. The Labute approximate surface area is 121 Å². The predicted octanol–water partition coefficient (Wildman–Crippen LogP) is 2.40. The minimum atomic E-state index is -0.297. The summed E-state index contributed by atoms with van der Waals surface area (Å²) in [7, 11) is 1.38.